The Balaban J connectivity index is 2.06. The van der Waals surface area contributed by atoms with E-state index in [2.05, 4.69) is 27.7 Å². The van der Waals surface area contributed by atoms with Crippen molar-refractivity contribution >= 4 is 0 Å². The Morgan fingerprint density at radius 1 is 1.18 bits per heavy atom. The fourth-order valence-electron chi connectivity index (χ4n) is 3.87. The molecule has 2 aliphatic carbocycles. The summed E-state index contributed by atoms with van der Waals surface area (Å²) in [6.45, 7) is 9.68. The predicted octanol–water partition coefficient (Wildman–Crippen LogP) is 3.32. The van der Waals surface area contributed by atoms with Crippen molar-refractivity contribution in [1.82, 2.24) is 0 Å². The third-order valence-electron chi connectivity index (χ3n) is 4.85. The van der Waals surface area contributed by atoms with Gasteiger partial charge in [-0.25, -0.2) is 0 Å². The molecule has 0 radical (unpaired) electrons. The molecule has 0 aromatic heterocycles. The van der Waals surface area contributed by atoms with Gasteiger partial charge in [-0.2, -0.15) is 0 Å². The molecular weight excluding hydrogens is 132 g/mol. The fraction of sp³-hybridized carbons (Fsp3) is 1.00. The van der Waals surface area contributed by atoms with Crippen molar-refractivity contribution < 1.29 is 0 Å². The molecule has 0 N–H and O–H groups in total. The lowest BCUT2D eigenvalue weighted by Gasteiger charge is -2.43. The molecule has 0 heterocycles. The van der Waals surface area contributed by atoms with E-state index in [9.17, 15) is 0 Å². The molecule has 2 rings (SSSR count). The molecule has 0 aliphatic heterocycles. The van der Waals surface area contributed by atoms with E-state index in [1.54, 1.807) is 0 Å². The predicted molar refractivity (Wildman–Crippen MR) is 48.3 cm³/mol. The highest BCUT2D eigenvalue weighted by atomic mass is 14.7. The minimum Gasteiger partial charge on any atom is -0.0651 e. The van der Waals surface area contributed by atoms with Gasteiger partial charge >= 0.3 is 0 Å². The molecule has 0 aromatic rings. The highest BCUT2D eigenvalue weighted by Crippen LogP contribution is 2.75. The van der Waals surface area contributed by atoms with E-state index in [0.29, 0.717) is 0 Å². The zero-order valence-corrected chi connectivity index (χ0v) is 8.22. The minimum absolute atomic E-state index is 0.828. The lowest BCUT2D eigenvalue weighted by atomic mass is 9.61. The average Bonchev–Trinajstić information content (AvgIpc) is 2.59. The average molecular weight is 152 g/mol. The van der Waals surface area contributed by atoms with Crippen molar-refractivity contribution in [3.05, 3.63) is 0 Å². The molecule has 2 fully saturated rings. The minimum atomic E-state index is 0.828. The number of hydrogen-bond acceptors (Lipinski definition) is 0. The molecular formula is C11H20. The fourth-order valence-corrected chi connectivity index (χ4v) is 3.87. The molecule has 0 aromatic carbocycles. The van der Waals surface area contributed by atoms with Crippen LogP contribution in [0.5, 0.6) is 0 Å². The van der Waals surface area contributed by atoms with Gasteiger partial charge in [0.2, 0.25) is 0 Å². The Labute approximate surface area is 70.4 Å². The van der Waals surface area contributed by atoms with Crippen LogP contribution in [-0.2, 0) is 0 Å². The summed E-state index contributed by atoms with van der Waals surface area (Å²) in [6.07, 6.45) is 2.94. The van der Waals surface area contributed by atoms with Crippen LogP contribution in [0.2, 0.25) is 0 Å². The van der Waals surface area contributed by atoms with Crippen LogP contribution >= 0.6 is 0 Å². The quantitative estimate of drug-likeness (QED) is 0.540. The Kier molecular flexibility index (Phi) is 1.41. The summed E-state index contributed by atoms with van der Waals surface area (Å²) in [4.78, 5) is 0. The highest BCUT2D eigenvalue weighted by Gasteiger charge is 2.69. The van der Waals surface area contributed by atoms with Crippen molar-refractivity contribution in [2.24, 2.45) is 29.1 Å². The van der Waals surface area contributed by atoms with Crippen molar-refractivity contribution in [3.8, 4) is 0 Å². The maximum atomic E-state index is 2.46. The third-order valence-corrected chi connectivity index (χ3v) is 4.85. The largest absolute Gasteiger partial charge is 0.0651 e. The van der Waals surface area contributed by atoms with Crippen LogP contribution < -0.4 is 0 Å². The second kappa shape index (κ2) is 2.02. The molecule has 1 spiro atoms. The zero-order valence-electron chi connectivity index (χ0n) is 8.22. The number of rotatable bonds is 1. The molecule has 0 heteroatoms. The van der Waals surface area contributed by atoms with Gasteiger partial charge < -0.3 is 0 Å². The van der Waals surface area contributed by atoms with Crippen LogP contribution in [0, 0.1) is 29.1 Å². The van der Waals surface area contributed by atoms with E-state index in [0.717, 1.165) is 29.1 Å². The molecule has 5 atom stereocenters. The van der Waals surface area contributed by atoms with Gasteiger partial charge in [0.05, 0.1) is 0 Å². The normalized spacial score (nSPS) is 61.1. The molecule has 64 valence electrons. The van der Waals surface area contributed by atoms with Gasteiger partial charge in [-0.1, -0.05) is 34.1 Å². The van der Waals surface area contributed by atoms with Crippen LogP contribution in [-0.4, -0.2) is 0 Å². The Hall–Kier alpha value is 0. The molecule has 0 amide bonds. The van der Waals surface area contributed by atoms with Crippen LogP contribution in [0.25, 0.3) is 0 Å². The van der Waals surface area contributed by atoms with Crippen LogP contribution in [0.3, 0.4) is 0 Å². The van der Waals surface area contributed by atoms with Crippen LogP contribution in [0.1, 0.15) is 40.5 Å². The molecule has 0 saturated heterocycles. The molecule has 11 heavy (non-hydrogen) atoms. The van der Waals surface area contributed by atoms with E-state index in [4.69, 9.17) is 0 Å². The van der Waals surface area contributed by atoms with E-state index in [-0.39, 0.29) is 0 Å². The highest BCUT2D eigenvalue weighted by molar-refractivity contribution is 5.17. The van der Waals surface area contributed by atoms with E-state index < -0.39 is 0 Å². The first-order chi connectivity index (χ1) is 5.14. The van der Waals surface area contributed by atoms with Crippen molar-refractivity contribution in [3.63, 3.8) is 0 Å². The van der Waals surface area contributed by atoms with Gasteiger partial charge in [0.25, 0.3) is 0 Å². The van der Waals surface area contributed by atoms with Gasteiger partial charge in [0.1, 0.15) is 0 Å². The first-order valence-corrected chi connectivity index (χ1v) is 5.14. The molecule has 5 unspecified atom stereocenters. The molecule has 2 saturated carbocycles. The second-order valence-corrected chi connectivity index (χ2v) is 4.89. The smallest absolute Gasteiger partial charge is 0.0207 e. The molecule has 2 aliphatic rings. The summed E-state index contributed by atoms with van der Waals surface area (Å²) < 4.78 is 0. The van der Waals surface area contributed by atoms with E-state index in [1.807, 2.05) is 0 Å². The monoisotopic (exact) mass is 152 g/mol. The van der Waals surface area contributed by atoms with Crippen LogP contribution in [0.15, 0.2) is 0 Å². The van der Waals surface area contributed by atoms with E-state index >= 15 is 0 Å². The number of hydrogen-bond donors (Lipinski definition) is 0. The summed E-state index contributed by atoms with van der Waals surface area (Å²) in [6, 6.07) is 0. The summed E-state index contributed by atoms with van der Waals surface area (Å²) >= 11 is 0. The standard InChI is InChI=1S/C11H20/c1-5-10-9(4)11(10)6-7(2)8(11)3/h7-10H,5-6H2,1-4H3. The zero-order chi connectivity index (χ0) is 8.22. The lowest BCUT2D eigenvalue weighted by molar-refractivity contribution is 0.0515. The van der Waals surface area contributed by atoms with Crippen LogP contribution in [0.4, 0.5) is 0 Å². The third kappa shape index (κ3) is 0.666. The van der Waals surface area contributed by atoms with E-state index in [1.165, 1.54) is 12.8 Å². The molecule has 0 bridgehead atoms. The van der Waals surface area contributed by atoms with Crippen molar-refractivity contribution in [2.45, 2.75) is 40.5 Å². The van der Waals surface area contributed by atoms with Gasteiger partial charge in [-0.05, 0) is 35.5 Å². The maximum Gasteiger partial charge on any atom is -0.0207 e. The summed E-state index contributed by atoms with van der Waals surface area (Å²) in [5.41, 5.74) is 0.828. The van der Waals surface area contributed by atoms with Gasteiger partial charge in [0.15, 0.2) is 0 Å². The van der Waals surface area contributed by atoms with Gasteiger partial charge in [-0.15, -0.1) is 0 Å². The van der Waals surface area contributed by atoms with Crippen molar-refractivity contribution in [1.29, 1.82) is 0 Å². The first kappa shape index (κ1) is 7.64. The summed E-state index contributed by atoms with van der Waals surface area (Å²) in [7, 11) is 0. The van der Waals surface area contributed by atoms with Gasteiger partial charge in [0, 0.05) is 0 Å². The Morgan fingerprint density at radius 2 is 1.82 bits per heavy atom. The van der Waals surface area contributed by atoms with Crippen molar-refractivity contribution in [2.75, 3.05) is 0 Å². The summed E-state index contributed by atoms with van der Waals surface area (Å²) in [5.74, 6) is 4.14. The Morgan fingerprint density at radius 3 is 2.09 bits per heavy atom. The topological polar surface area (TPSA) is 0 Å². The van der Waals surface area contributed by atoms with Gasteiger partial charge in [-0.3, -0.25) is 0 Å². The second-order valence-electron chi connectivity index (χ2n) is 4.89. The lowest BCUT2D eigenvalue weighted by Crippen LogP contribution is -2.36. The Bertz CT molecular complexity index is 169. The summed E-state index contributed by atoms with van der Waals surface area (Å²) in [5, 5.41) is 0. The first-order valence-electron chi connectivity index (χ1n) is 5.14. The maximum absolute atomic E-state index is 2.46. The molecule has 0 nitrogen and oxygen atoms in total. The SMILES string of the molecule is CCC1C(C)C12CC(C)C2C.